The van der Waals surface area contributed by atoms with Crippen LogP contribution < -0.4 is 0 Å². The van der Waals surface area contributed by atoms with Crippen LogP contribution in [0.25, 0.3) is 0 Å². The molecule has 0 aliphatic heterocycles. The Kier molecular flexibility index (Phi) is 7.83. The predicted octanol–water partition coefficient (Wildman–Crippen LogP) is 1.98. The SMILES string of the molecule is CCN(CC)CCCN(CC)S(=O)(=O)c1ccsc1CO. The van der Waals surface area contributed by atoms with Crippen molar-refractivity contribution in [1.29, 1.82) is 0 Å². The average molecular weight is 335 g/mol. The summed E-state index contributed by atoms with van der Waals surface area (Å²) in [5, 5.41) is 11.0. The number of thiophene rings is 1. The summed E-state index contributed by atoms with van der Waals surface area (Å²) < 4.78 is 26.8. The minimum Gasteiger partial charge on any atom is -0.391 e. The lowest BCUT2D eigenvalue weighted by atomic mass is 10.3. The van der Waals surface area contributed by atoms with Gasteiger partial charge in [-0.05, 0) is 37.5 Å². The van der Waals surface area contributed by atoms with Gasteiger partial charge in [-0.3, -0.25) is 0 Å². The van der Waals surface area contributed by atoms with Crippen LogP contribution in [0, 0.1) is 0 Å². The van der Waals surface area contributed by atoms with Gasteiger partial charge >= 0.3 is 0 Å². The highest BCUT2D eigenvalue weighted by Gasteiger charge is 2.26. The Morgan fingerprint density at radius 2 is 1.81 bits per heavy atom. The van der Waals surface area contributed by atoms with Crippen LogP contribution in [0.2, 0.25) is 0 Å². The highest BCUT2D eigenvalue weighted by atomic mass is 32.2. The van der Waals surface area contributed by atoms with E-state index in [0.29, 0.717) is 18.0 Å². The van der Waals surface area contributed by atoms with Crippen LogP contribution >= 0.6 is 11.3 Å². The molecule has 1 rings (SSSR count). The highest BCUT2D eigenvalue weighted by Crippen LogP contribution is 2.25. The van der Waals surface area contributed by atoms with Gasteiger partial charge in [-0.2, -0.15) is 4.31 Å². The van der Waals surface area contributed by atoms with Gasteiger partial charge in [0.25, 0.3) is 0 Å². The molecular weight excluding hydrogens is 308 g/mol. The minimum absolute atomic E-state index is 0.233. The fourth-order valence-corrected chi connectivity index (χ4v) is 5.03. The Balaban J connectivity index is 2.75. The van der Waals surface area contributed by atoms with E-state index in [1.807, 2.05) is 6.92 Å². The standard InChI is InChI=1S/C14H26N2O3S2/c1-4-15(5-2)9-7-10-16(6-3)21(18,19)14-8-11-20-13(14)12-17/h8,11,17H,4-7,9-10,12H2,1-3H3. The molecule has 0 saturated carbocycles. The molecule has 5 nitrogen and oxygen atoms in total. The van der Waals surface area contributed by atoms with Gasteiger partial charge in [-0.15, -0.1) is 11.3 Å². The Morgan fingerprint density at radius 1 is 1.14 bits per heavy atom. The van der Waals surface area contributed by atoms with Crippen molar-refractivity contribution in [3.63, 3.8) is 0 Å². The van der Waals surface area contributed by atoms with Crippen molar-refractivity contribution in [3.05, 3.63) is 16.3 Å². The molecule has 0 bridgehead atoms. The van der Waals surface area contributed by atoms with Gasteiger partial charge in [0.1, 0.15) is 0 Å². The summed E-state index contributed by atoms with van der Waals surface area (Å²) in [6, 6.07) is 1.58. The van der Waals surface area contributed by atoms with E-state index < -0.39 is 10.0 Å². The van der Waals surface area contributed by atoms with Crippen LogP contribution in [-0.2, 0) is 16.6 Å². The number of aliphatic hydroxyl groups is 1. The first kappa shape index (κ1) is 18.6. The number of aliphatic hydroxyl groups excluding tert-OH is 1. The molecule has 0 fully saturated rings. The van der Waals surface area contributed by atoms with Crippen LogP contribution in [0.15, 0.2) is 16.3 Å². The third kappa shape index (κ3) is 4.75. The van der Waals surface area contributed by atoms with Crippen molar-refractivity contribution in [2.75, 3.05) is 32.7 Å². The van der Waals surface area contributed by atoms with Crippen LogP contribution in [0.3, 0.4) is 0 Å². The maximum absolute atomic E-state index is 12.6. The summed E-state index contributed by atoms with van der Waals surface area (Å²) in [5.41, 5.74) is 0. The molecule has 21 heavy (non-hydrogen) atoms. The molecule has 0 radical (unpaired) electrons. The Bertz CT molecular complexity index is 510. The fraction of sp³-hybridized carbons (Fsp3) is 0.714. The van der Waals surface area contributed by atoms with E-state index in [9.17, 15) is 13.5 Å². The second-order valence-corrected chi connectivity index (χ2v) is 7.65. The van der Waals surface area contributed by atoms with Crippen LogP contribution in [0.5, 0.6) is 0 Å². The lowest BCUT2D eigenvalue weighted by Gasteiger charge is -2.23. The van der Waals surface area contributed by atoms with Gasteiger partial charge in [-0.25, -0.2) is 8.42 Å². The molecule has 1 aromatic rings. The van der Waals surface area contributed by atoms with Gasteiger partial charge in [0.2, 0.25) is 10.0 Å². The molecular formula is C14H26N2O3S2. The monoisotopic (exact) mass is 334 g/mol. The maximum atomic E-state index is 12.6. The minimum atomic E-state index is -3.50. The third-order valence-electron chi connectivity index (χ3n) is 3.59. The van der Waals surface area contributed by atoms with Crippen molar-refractivity contribution in [1.82, 2.24) is 9.21 Å². The molecule has 0 unspecified atom stereocenters. The second kappa shape index (κ2) is 8.85. The van der Waals surface area contributed by atoms with Crippen molar-refractivity contribution < 1.29 is 13.5 Å². The summed E-state index contributed by atoms with van der Waals surface area (Å²) in [5.74, 6) is 0. The number of nitrogens with zero attached hydrogens (tertiary/aromatic N) is 2. The smallest absolute Gasteiger partial charge is 0.244 e. The summed E-state index contributed by atoms with van der Waals surface area (Å²) in [6.07, 6.45) is 0.813. The zero-order valence-electron chi connectivity index (χ0n) is 13.1. The molecule has 122 valence electrons. The van der Waals surface area contributed by atoms with Gasteiger partial charge in [0.05, 0.1) is 11.5 Å². The average Bonchev–Trinajstić information content (AvgIpc) is 2.96. The first-order chi connectivity index (χ1) is 10.0. The van der Waals surface area contributed by atoms with Crippen molar-refractivity contribution in [2.45, 2.75) is 38.7 Å². The van der Waals surface area contributed by atoms with E-state index in [4.69, 9.17) is 0 Å². The molecule has 0 amide bonds. The van der Waals surface area contributed by atoms with E-state index in [2.05, 4.69) is 18.7 Å². The van der Waals surface area contributed by atoms with Crippen molar-refractivity contribution in [2.24, 2.45) is 0 Å². The van der Waals surface area contributed by atoms with Gasteiger partial charge in [0.15, 0.2) is 0 Å². The van der Waals surface area contributed by atoms with Crippen LogP contribution in [0.4, 0.5) is 0 Å². The van der Waals surface area contributed by atoms with E-state index in [1.54, 1.807) is 11.4 Å². The Morgan fingerprint density at radius 3 is 2.33 bits per heavy atom. The van der Waals surface area contributed by atoms with E-state index in [-0.39, 0.29) is 11.5 Å². The number of hydrogen-bond acceptors (Lipinski definition) is 5. The number of hydrogen-bond donors (Lipinski definition) is 1. The molecule has 0 atom stereocenters. The van der Waals surface area contributed by atoms with Gasteiger partial charge in [0, 0.05) is 18.0 Å². The Labute approximate surface area is 132 Å². The predicted molar refractivity (Wildman–Crippen MR) is 87.1 cm³/mol. The molecule has 1 heterocycles. The van der Waals surface area contributed by atoms with Crippen LogP contribution in [0.1, 0.15) is 32.1 Å². The summed E-state index contributed by atoms with van der Waals surface area (Å²) in [4.78, 5) is 3.04. The number of sulfonamides is 1. The molecule has 1 aromatic heterocycles. The first-order valence-corrected chi connectivity index (χ1v) is 9.72. The maximum Gasteiger partial charge on any atom is 0.244 e. The molecule has 0 aliphatic carbocycles. The van der Waals surface area contributed by atoms with Gasteiger partial charge < -0.3 is 10.0 Å². The molecule has 0 aromatic carbocycles. The number of rotatable bonds is 10. The lowest BCUT2D eigenvalue weighted by molar-refractivity contribution is 0.280. The largest absolute Gasteiger partial charge is 0.391 e. The normalized spacial score (nSPS) is 12.5. The van der Waals surface area contributed by atoms with E-state index >= 15 is 0 Å². The summed E-state index contributed by atoms with van der Waals surface area (Å²) >= 11 is 1.28. The highest BCUT2D eigenvalue weighted by molar-refractivity contribution is 7.89. The first-order valence-electron chi connectivity index (χ1n) is 7.40. The lowest BCUT2D eigenvalue weighted by Crippen LogP contribution is -2.34. The molecule has 1 N–H and O–H groups in total. The summed E-state index contributed by atoms with van der Waals surface area (Å²) in [7, 11) is -3.50. The zero-order valence-corrected chi connectivity index (χ0v) is 14.7. The molecule has 0 aliphatic rings. The summed E-state index contributed by atoms with van der Waals surface area (Å²) in [6.45, 7) is 9.65. The quantitative estimate of drug-likeness (QED) is 0.711. The molecule has 7 heteroatoms. The van der Waals surface area contributed by atoms with Crippen LogP contribution in [-0.4, -0.2) is 55.5 Å². The Hall–Kier alpha value is -0.470. The zero-order chi connectivity index (χ0) is 15.9. The van der Waals surface area contributed by atoms with Gasteiger partial charge in [-0.1, -0.05) is 20.8 Å². The molecule has 0 saturated heterocycles. The third-order valence-corrected chi connectivity index (χ3v) is 6.69. The van der Waals surface area contributed by atoms with Crippen molar-refractivity contribution in [3.8, 4) is 0 Å². The fourth-order valence-electron chi connectivity index (χ4n) is 2.27. The molecule has 0 spiro atoms. The second-order valence-electron chi connectivity index (χ2n) is 4.74. The van der Waals surface area contributed by atoms with Crippen molar-refractivity contribution >= 4 is 21.4 Å². The van der Waals surface area contributed by atoms with E-state index in [0.717, 1.165) is 26.1 Å². The van der Waals surface area contributed by atoms with E-state index in [1.165, 1.54) is 15.6 Å². The topological polar surface area (TPSA) is 60.9 Å².